The molecular weight excluding hydrogens is 496 g/mol. The van der Waals surface area contributed by atoms with Crippen molar-refractivity contribution in [1.29, 1.82) is 0 Å². The molecule has 1 saturated heterocycles. The van der Waals surface area contributed by atoms with Gasteiger partial charge >= 0.3 is 6.03 Å². The van der Waals surface area contributed by atoms with Gasteiger partial charge in [0.05, 0.1) is 6.04 Å². The Bertz CT molecular complexity index is 992. The van der Waals surface area contributed by atoms with Gasteiger partial charge in [-0.1, -0.05) is 73.1 Å². The minimum atomic E-state index is -0.865. The van der Waals surface area contributed by atoms with Gasteiger partial charge in [-0.2, -0.15) is 0 Å². The summed E-state index contributed by atoms with van der Waals surface area (Å²) in [5.74, 6) is -1.34. The van der Waals surface area contributed by atoms with Crippen LogP contribution < -0.4 is 16.0 Å². The van der Waals surface area contributed by atoms with Crippen LogP contribution in [-0.2, 0) is 19.2 Å². The monoisotopic (exact) mass is 544 g/mol. The van der Waals surface area contributed by atoms with E-state index in [9.17, 15) is 24.0 Å². The smallest absolute Gasteiger partial charge is 0.315 e. The van der Waals surface area contributed by atoms with E-state index in [4.69, 9.17) is 0 Å². The summed E-state index contributed by atoms with van der Waals surface area (Å²) in [6.07, 6.45) is 8.77. The van der Waals surface area contributed by atoms with Crippen LogP contribution in [0, 0.1) is 28.6 Å². The maximum Gasteiger partial charge on any atom is 0.315 e. The molecule has 0 aromatic rings. The number of urea groups is 1. The maximum absolute atomic E-state index is 14.1. The van der Waals surface area contributed by atoms with Crippen LogP contribution in [0.3, 0.4) is 0 Å². The van der Waals surface area contributed by atoms with E-state index >= 15 is 0 Å². The molecule has 0 bridgehead atoms. The Morgan fingerprint density at radius 1 is 0.923 bits per heavy atom. The van der Waals surface area contributed by atoms with E-state index in [1.807, 2.05) is 20.8 Å². The molecule has 4 amide bonds. The van der Waals surface area contributed by atoms with Crippen molar-refractivity contribution in [2.24, 2.45) is 28.6 Å². The number of carbonyl (C=O) groups is 5. The fourth-order valence-electron chi connectivity index (χ4n) is 7.03. The quantitative estimate of drug-likeness (QED) is 0.384. The number of fused-ring (bicyclic) bond motifs is 1. The maximum atomic E-state index is 14.1. The van der Waals surface area contributed by atoms with Crippen LogP contribution in [-0.4, -0.2) is 65.0 Å². The zero-order chi connectivity index (χ0) is 28.7. The fourth-order valence-corrected chi connectivity index (χ4v) is 7.03. The van der Waals surface area contributed by atoms with Crippen LogP contribution >= 0.6 is 0 Å². The van der Waals surface area contributed by atoms with Gasteiger partial charge in [-0.3, -0.25) is 19.2 Å². The number of hydrogen-bond acceptors (Lipinski definition) is 5. The van der Waals surface area contributed by atoms with E-state index < -0.39 is 35.1 Å². The highest BCUT2D eigenvalue weighted by Gasteiger charge is 2.70. The number of carbonyl (C=O) groups excluding carboxylic acids is 5. The Labute approximate surface area is 233 Å². The first-order chi connectivity index (χ1) is 18.2. The zero-order valence-electron chi connectivity index (χ0n) is 24.6. The van der Waals surface area contributed by atoms with E-state index in [2.05, 4.69) is 29.8 Å². The molecule has 3 aliphatic carbocycles. The second-order valence-electron chi connectivity index (χ2n) is 14.2. The third-order valence-corrected chi connectivity index (χ3v) is 9.86. The highest BCUT2D eigenvalue weighted by Crippen LogP contribution is 2.65. The molecule has 9 heteroatoms. The predicted molar refractivity (Wildman–Crippen MR) is 148 cm³/mol. The number of amides is 4. The van der Waals surface area contributed by atoms with E-state index in [-0.39, 0.29) is 41.1 Å². The number of likely N-dealkylation sites (tertiary alicyclic amines) is 1. The Balaban J connectivity index is 1.50. The lowest BCUT2D eigenvalue weighted by molar-refractivity contribution is -0.145. The third-order valence-electron chi connectivity index (χ3n) is 9.86. The van der Waals surface area contributed by atoms with Crippen LogP contribution in [0.5, 0.6) is 0 Å². The first-order valence-corrected chi connectivity index (χ1v) is 14.9. The van der Waals surface area contributed by atoms with E-state index in [1.54, 1.807) is 4.90 Å². The van der Waals surface area contributed by atoms with Gasteiger partial charge in [-0.15, -0.1) is 0 Å². The SMILES string of the molecule is CC(=O)C(=O)C(CC1CCC1)NC(=O)[C@@H]1C2C(CN1C(=O)[C@@H](NC(=O)NC1CCCCC1)C(C)(C)C)C2(C)C. The molecule has 5 atom stereocenters. The van der Waals surface area contributed by atoms with Crippen molar-refractivity contribution < 1.29 is 24.0 Å². The van der Waals surface area contributed by atoms with E-state index in [1.165, 1.54) is 13.3 Å². The van der Waals surface area contributed by atoms with Gasteiger partial charge in [0.1, 0.15) is 12.1 Å². The van der Waals surface area contributed by atoms with Crippen molar-refractivity contribution >= 4 is 29.4 Å². The molecule has 3 saturated carbocycles. The van der Waals surface area contributed by atoms with Crippen molar-refractivity contribution in [2.45, 2.75) is 123 Å². The average molecular weight is 545 g/mol. The van der Waals surface area contributed by atoms with Crippen molar-refractivity contribution in [3.05, 3.63) is 0 Å². The second kappa shape index (κ2) is 11.2. The molecule has 0 spiro atoms. The van der Waals surface area contributed by atoms with Crippen LogP contribution in [0.4, 0.5) is 4.79 Å². The summed E-state index contributed by atoms with van der Waals surface area (Å²) >= 11 is 0. The summed E-state index contributed by atoms with van der Waals surface area (Å²) < 4.78 is 0. The molecule has 3 N–H and O–H groups in total. The predicted octanol–water partition coefficient (Wildman–Crippen LogP) is 3.35. The van der Waals surface area contributed by atoms with Crippen molar-refractivity contribution in [1.82, 2.24) is 20.9 Å². The minimum absolute atomic E-state index is 0.0325. The van der Waals surface area contributed by atoms with Crippen molar-refractivity contribution in [2.75, 3.05) is 6.54 Å². The number of nitrogens with one attached hydrogen (secondary N) is 3. The van der Waals surface area contributed by atoms with Crippen LogP contribution in [0.15, 0.2) is 0 Å². The molecule has 1 heterocycles. The van der Waals surface area contributed by atoms with Gasteiger partial charge in [0.25, 0.3) is 0 Å². The summed E-state index contributed by atoms with van der Waals surface area (Å²) in [6.45, 7) is 11.6. The molecule has 9 nitrogen and oxygen atoms in total. The van der Waals surface area contributed by atoms with Crippen LogP contribution in [0.1, 0.15) is 99.3 Å². The molecule has 4 fully saturated rings. The first kappa shape index (κ1) is 29.5. The number of Topliss-reactive ketones (excluding diaryl/α,β-unsaturated/α-hetero) is 2. The molecule has 0 radical (unpaired) electrons. The first-order valence-electron chi connectivity index (χ1n) is 14.9. The van der Waals surface area contributed by atoms with Gasteiger partial charge in [0.15, 0.2) is 5.78 Å². The number of hydrogen-bond donors (Lipinski definition) is 3. The summed E-state index contributed by atoms with van der Waals surface area (Å²) in [5.41, 5.74) is -0.683. The lowest BCUT2D eigenvalue weighted by Crippen LogP contribution is -2.61. The Morgan fingerprint density at radius 2 is 1.56 bits per heavy atom. The van der Waals surface area contributed by atoms with Crippen molar-refractivity contribution in [3.63, 3.8) is 0 Å². The molecule has 3 unspecified atom stereocenters. The zero-order valence-corrected chi connectivity index (χ0v) is 24.6. The lowest BCUT2D eigenvalue weighted by atomic mass is 9.79. The summed E-state index contributed by atoms with van der Waals surface area (Å²) in [5, 5.41) is 8.86. The number of ketones is 2. The van der Waals surface area contributed by atoms with Gasteiger partial charge in [0.2, 0.25) is 17.6 Å². The van der Waals surface area contributed by atoms with Crippen LogP contribution in [0.2, 0.25) is 0 Å². The van der Waals surface area contributed by atoms with E-state index in [0.29, 0.717) is 18.9 Å². The molecule has 4 rings (SSSR count). The van der Waals surface area contributed by atoms with Gasteiger partial charge in [-0.05, 0) is 47.8 Å². The number of nitrogens with zero attached hydrogens (tertiary/aromatic N) is 1. The topological polar surface area (TPSA) is 125 Å². The van der Waals surface area contributed by atoms with Gasteiger partial charge in [-0.25, -0.2) is 4.79 Å². The third kappa shape index (κ3) is 6.32. The van der Waals surface area contributed by atoms with Crippen LogP contribution in [0.25, 0.3) is 0 Å². The highest BCUT2D eigenvalue weighted by atomic mass is 16.2. The second-order valence-corrected chi connectivity index (χ2v) is 14.2. The standard InChI is InChI=1S/C30H48N4O5/c1-17(35)24(36)21(15-18-11-10-12-18)32-26(37)23-22-20(30(22,5)6)16-34(23)27(38)25(29(2,3)4)33-28(39)31-19-13-8-7-9-14-19/h18-23,25H,7-16H2,1-6H3,(H,32,37)(H2,31,33,39)/t20?,21?,22?,23-,25+/m0/s1. The Kier molecular flexibility index (Phi) is 8.48. The highest BCUT2D eigenvalue weighted by molar-refractivity contribution is 6.38. The largest absolute Gasteiger partial charge is 0.344 e. The molecule has 39 heavy (non-hydrogen) atoms. The Morgan fingerprint density at radius 3 is 2.10 bits per heavy atom. The summed E-state index contributed by atoms with van der Waals surface area (Å²) in [7, 11) is 0. The molecule has 1 aliphatic heterocycles. The lowest BCUT2D eigenvalue weighted by Gasteiger charge is -2.38. The fraction of sp³-hybridized carbons (Fsp3) is 0.833. The molecule has 0 aromatic carbocycles. The summed E-state index contributed by atoms with van der Waals surface area (Å²) in [4.78, 5) is 67.1. The molecular formula is C30H48N4O5. The summed E-state index contributed by atoms with van der Waals surface area (Å²) in [6, 6.07) is -2.67. The van der Waals surface area contributed by atoms with Gasteiger partial charge < -0.3 is 20.9 Å². The van der Waals surface area contributed by atoms with Crippen molar-refractivity contribution in [3.8, 4) is 0 Å². The normalized spacial score (nSPS) is 27.9. The van der Waals surface area contributed by atoms with Gasteiger partial charge in [0, 0.05) is 19.5 Å². The Hall–Kier alpha value is -2.45. The average Bonchev–Trinajstić information content (AvgIpc) is 3.15. The number of rotatable bonds is 9. The van der Waals surface area contributed by atoms with E-state index in [0.717, 1.165) is 44.9 Å². The molecule has 0 aromatic heterocycles. The molecule has 4 aliphatic rings. The molecule has 218 valence electrons. The minimum Gasteiger partial charge on any atom is -0.344 e. The number of piperidine rings is 1.